The molecule has 1 aromatic heterocycles. The van der Waals surface area contributed by atoms with Crippen molar-refractivity contribution in [2.75, 3.05) is 29.9 Å². The number of nitrogens with zero attached hydrogens (tertiary/aromatic N) is 3. The van der Waals surface area contributed by atoms with E-state index in [-0.39, 0.29) is 0 Å². The van der Waals surface area contributed by atoms with Crippen LogP contribution in [0.1, 0.15) is 33.3 Å². The fraction of sp³-hybridized carbons (Fsp3) is 0.667. The van der Waals surface area contributed by atoms with Gasteiger partial charge in [0.1, 0.15) is 18.0 Å². The Balaban J connectivity index is 3.11. The zero-order valence-electron chi connectivity index (χ0n) is 10.7. The molecule has 90 valence electrons. The molecule has 1 heterocycles. The fourth-order valence-corrected chi connectivity index (χ4v) is 1.84. The Kier molecular flexibility index (Phi) is 5.02. The lowest BCUT2D eigenvalue weighted by atomic mass is 10.2. The Morgan fingerprint density at radius 2 is 1.81 bits per heavy atom. The molecule has 0 aromatic carbocycles. The number of hydrogen-bond donors (Lipinski definition) is 1. The van der Waals surface area contributed by atoms with E-state index in [1.54, 1.807) is 6.33 Å². The summed E-state index contributed by atoms with van der Waals surface area (Å²) in [4.78, 5) is 11.0. The van der Waals surface area contributed by atoms with Crippen LogP contribution in [0.2, 0.25) is 0 Å². The van der Waals surface area contributed by atoms with Gasteiger partial charge in [0.25, 0.3) is 0 Å². The van der Waals surface area contributed by atoms with Crippen LogP contribution in [-0.2, 0) is 6.42 Å². The summed E-state index contributed by atoms with van der Waals surface area (Å²) in [7, 11) is 0. The topological polar surface area (TPSA) is 41.1 Å². The van der Waals surface area contributed by atoms with Gasteiger partial charge in [-0.1, -0.05) is 6.92 Å². The van der Waals surface area contributed by atoms with Crippen LogP contribution in [0.4, 0.5) is 11.6 Å². The van der Waals surface area contributed by atoms with Gasteiger partial charge in [-0.2, -0.15) is 0 Å². The second kappa shape index (κ2) is 6.30. The number of rotatable bonds is 6. The molecule has 0 aliphatic rings. The summed E-state index contributed by atoms with van der Waals surface area (Å²) in [5.41, 5.74) is 1.22. The zero-order chi connectivity index (χ0) is 12.0. The highest BCUT2D eigenvalue weighted by molar-refractivity contribution is 5.58. The first-order valence-corrected chi connectivity index (χ1v) is 6.11. The maximum atomic E-state index is 4.41. The predicted molar refractivity (Wildman–Crippen MR) is 69.1 cm³/mol. The van der Waals surface area contributed by atoms with Gasteiger partial charge in [-0.05, 0) is 27.2 Å². The Bertz CT molecular complexity index is 321. The minimum Gasteiger partial charge on any atom is -0.370 e. The molecular weight excluding hydrogens is 200 g/mol. The predicted octanol–water partition coefficient (Wildman–Crippen LogP) is 2.32. The van der Waals surface area contributed by atoms with Gasteiger partial charge in [0.05, 0.1) is 0 Å². The van der Waals surface area contributed by atoms with Crippen LogP contribution in [0, 0.1) is 0 Å². The first-order chi connectivity index (χ1) is 7.78. The molecule has 0 aliphatic carbocycles. The van der Waals surface area contributed by atoms with E-state index >= 15 is 0 Å². The normalized spacial score (nSPS) is 10.2. The zero-order valence-corrected chi connectivity index (χ0v) is 10.7. The van der Waals surface area contributed by atoms with Gasteiger partial charge >= 0.3 is 0 Å². The maximum absolute atomic E-state index is 4.41. The third kappa shape index (κ3) is 2.62. The summed E-state index contributed by atoms with van der Waals surface area (Å²) in [6.45, 7) is 11.4. The second-order valence-electron chi connectivity index (χ2n) is 3.58. The second-order valence-corrected chi connectivity index (χ2v) is 3.58. The summed E-state index contributed by atoms with van der Waals surface area (Å²) >= 11 is 0. The van der Waals surface area contributed by atoms with Crippen LogP contribution in [0.3, 0.4) is 0 Å². The monoisotopic (exact) mass is 222 g/mol. The molecule has 0 bridgehead atoms. The molecule has 0 radical (unpaired) electrons. The lowest BCUT2D eigenvalue weighted by Crippen LogP contribution is -2.25. The van der Waals surface area contributed by atoms with E-state index in [1.807, 2.05) is 0 Å². The third-order valence-electron chi connectivity index (χ3n) is 2.68. The van der Waals surface area contributed by atoms with Gasteiger partial charge in [-0.25, -0.2) is 9.97 Å². The molecule has 0 aliphatic heterocycles. The number of anilines is 2. The van der Waals surface area contributed by atoms with E-state index in [0.717, 1.165) is 37.7 Å². The highest BCUT2D eigenvalue weighted by Crippen LogP contribution is 2.23. The molecule has 0 amide bonds. The molecule has 1 rings (SSSR count). The van der Waals surface area contributed by atoms with Gasteiger partial charge in [0.15, 0.2) is 0 Å². The van der Waals surface area contributed by atoms with E-state index in [0.29, 0.717) is 0 Å². The molecule has 0 saturated heterocycles. The summed E-state index contributed by atoms with van der Waals surface area (Å²) < 4.78 is 0. The molecule has 0 unspecified atom stereocenters. The minimum atomic E-state index is 0.891. The lowest BCUT2D eigenvalue weighted by molar-refractivity contribution is 0.827. The molecule has 0 spiro atoms. The first kappa shape index (κ1) is 12.7. The molecular formula is C12H22N4. The Hall–Kier alpha value is -1.32. The largest absolute Gasteiger partial charge is 0.370 e. The maximum Gasteiger partial charge on any atom is 0.137 e. The average Bonchev–Trinajstić information content (AvgIpc) is 2.31. The van der Waals surface area contributed by atoms with Crippen molar-refractivity contribution >= 4 is 11.6 Å². The van der Waals surface area contributed by atoms with Crippen molar-refractivity contribution in [1.29, 1.82) is 0 Å². The van der Waals surface area contributed by atoms with E-state index < -0.39 is 0 Å². The Labute approximate surface area is 98.1 Å². The van der Waals surface area contributed by atoms with Crippen molar-refractivity contribution < 1.29 is 0 Å². The Morgan fingerprint density at radius 3 is 2.31 bits per heavy atom. The highest BCUT2D eigenvalue weighted by Gasteiger charge is 2.13. The quantitative estimate of drug-likeness (QED) is 0.802. The molecule has 4 heteroatoms. The van der Waals surface area contributed by atoms with Gasteiger partial charge in [-0.3, -0.25) is 0 Å². The van der Waals surface area contributed by atoms with Crippen LogP contribution in [-0.4, -0.2) is 29.6 Å². The molecule has 1 aromatic rings. The number of aromatic nitrogens is 2. The number of nitrogens with one attached hydrogen (secondary N) is 1. The van der Waals surface area contributed by atoms with E-state index in [4.69, 9.17) is 0 Å². The Morgan fingerprint density at radius 1 is 1.12 bits per heavy atom. The van der Waals surface area contributed by atoms with Crippen molar-refractivity contribution in [3.05, 3.63) is 11.9 Å². The van der Waals surface area contributed by atoms with Crippen LogP contribution in [0.25, 0.3) is 0 Å². The number of hydrogen-bond acceptors (Lipinski definition) is 4. The van der Waals surface area contributed by atoms with Crippen LogP contribution >= 0.6 is 0 Å². The van der Waals surface area contributed by atoms with Crippen molar-refractivity contribution in [2.24, 2.45) is 0 Å². The van der Waals surface area contributed by atoms with Gasteiger partial charge in [0, 0.05) is 25.2 Å². The van der Waals surface area contributed by atoms with Gasteiger partial charge in [0.2, 0.25) is 0 Å². The van der Waals surface area contributed by atoms with Crippen molar-refractivity contribution in [2.45, 2.75) is 34.1 Å². The van der Waals surface area contributed by atoms with Crippen LogP contribution < -0.4 is 10.2 Å². The van der Waals surface area contributed by atoms with Crippen molar-refractivity contribution in [3.63, 3.8) is 0 Å². The van der Waals surface area contributed by atoms with Crippen molar-refractivity contribution in [3.8, 4) is 0 Å². The van der Waals surface area contributed by atoms with E-state index in [1.165, 1.54) is 5.56 Å². The van der Waals surface area contributed by atoms with Gasteiger partial charge in [-0.15, -0.1) is 0 Å². The minimum absolute atomic E-state index is 0.891. The molecule has 0 saturated carbocycles. The van der Waals surface area contributed by atoms with Crippen LogP contribution in [0.15, 0.2) is 6.33 Å². The molecule has 16 heavy (non-hydrogen) atoms. The average molecular weight is 222 g/mol. The standard InChI is InChI=1S/C12H22N4/c1-5-10-11(13-6-2)14-9-15-12(10)16(7-3)8-4/h9H,5-8H2,1-4H3,(H,13,14,15). The van der Waals surface area contributed by atoms with E-state index in [2.05, 4.69) is 47.9 Å². The smallest absolute Gasteiger partial charge is 0.137 e. The summed E-state index contributed by atoms with van der Waals surface area (Å²) in [5.74, 6) is 2.04. The third-order valence-corrected chi connectivity index (χ3v) is 2.68. The lowest BCUT2D eigenvalue weighted by Gasteiger charge is -2.23. The fourth-order valence-electron chi connectivity index (χ4n) is 1.84. The summed E-state index contributed by atoms with van der Waals surface area (Å²) in [5, 5.41) is 3.29. The highest BCUT2D eigenvalue weighted by atomic mass is 15.2. The van der Waals surface area contributed by atoms with Gasteiger partial charge < -0.3 is 10.2 Å². The van der Waals surface area contributed by atoms with Crippen LogP contribution in [0.5, 0.6) is 0 Å². The molecule has 0 fully saturated rings. The van der Waals surface area contributed by atoms with E-state index in [9.17, 15) is 0 Å². The SMILES string of the molecule is CCNc1ncnc(N(CC)CC)c1CC. The first-order valence-electron chi connectivity index (χ1n) is 6.11. The summed E-state index contributed by atoms with van der Waals surface area (Å²) in [6.07, 6.45) is 2.60. The molecule has 1 N–H and O–H groups in total. The molecule has 4 nitrogen and oxygen atoms in total. The molecule has 0 atom stereocenters. The summed E-state index contributed by atoms with van der Waals surface area (Å²) in [6, 6.07) is 0. The van der Waals surface area contributed by atoms with Crippen molar-refractivity contribution in [1.82, 2.24) is 9.97 Å².